The lowest BCUT2D eigenvalue weighted by molar-refractivity contribution is -0.274. The minimum Gasteiger partial charge on any atom is -0.406 e. The highest BCUT2D eigenvalue weighted by Gasteiger charge is 2.31. The highest BCUT2D eigenvalue weighted by atomic mass is 32.2. The van der Waals surface area contributed by atoms with Gasteiger partial charge < -0.3 is 10.5 Å². The van der Waals surface area contributed by atoms with Gasteiger partial charge in [-0.2, -0.15) is 11.8 Å². The summed E-state index contributed by atoms with van der Waals surface area (Å²) in [6, 6.07) is 6.02. The lowest BCUT2D eigenvalue weighted by atomic mass is 9.94. The third kappa shape index (κ3) is 4.62. The van der Waals surface area contributed by atoms with Crippen LogP contribution in [0.1, 0.15) is 12.0 Å². The van der Waals surface area contributed by atoms with E-state index in [-0.39, 0.29) is 11.8 Å². The second-order valence-corrected chi connectivity index (χ2v) is 5.83. The third-order valence-corrected chi connectivity index (χ3v) is 4.39. The van der Waals surface area contributed by atoms with E-state index in [0.29, 0.717) is 12.3 Å². The van der Waals surface area contributed by atoms with Gasteiger partial charge in [0.1, 0.15) is 5.75 Å². The average Bonchev–Trinajstić information content (AvgIpc) is 2.83. The molecule has 1 fully saturated rings. The van der Waals surface area contributed by atoms with Crippen molar-refractivity contribution in [2.24, 2.45) is 11.7 Å². The fourth-order valence-corrected chi connectivity index (χ4v) is 3.51. The predicted molar refractivity (Wildman–Crippen MR) is 70.2 cm³/mol. The number of nitrogens with two attached hydrogens (primary N) is 1. The van der Waals surface area contributed by atoms with Crippen molar-refractivity contribution < 1.29 is 17.9 Å². The Morgan fingerprint density at radius 3 is 2.53 bits per heavy atom. The van der Waals surface area contributed by atoms with Crippen LogP contribution in [0.2, 0.25) is 0 Å². The summed E-state index contributed by atoms with van der Waals surface area (Å²) < 4.78 is 39.9. The van der Waals surface area contributed by atoms with Crippen molar-refractivity contribution in [1.29, 1.82) is 0 Å². The molecular weight excluding hydrogens is 275 g/mol. The Bertz CT molecular complexity index is 401. The summed E-state index contributed by atoms with van der Waals surface area (Å²) in [6.45, 7) is 0. The maximum absolute atomic E-state index is 12.0. The molecule has 2 atom stereocenters. The monoisotopic (exact) mass is 291 g/mol. The van der Waals surface area contributed by atoms with E-state index in [1.807, 2.05) is 11.8 Å². The standard InChI is InChI=1S/C13H16F3NOS/c14-13(15,16)18-11-3-1-9(2-4-11)7-12(17)10-5-6-19-8-10/h1-4,10,12H,5-8,17H2. The molecular formula is C13H16F3NOS. The van der Waals surface area contributed by atoms with Gasteiger partial charge in [0.05, 0.1) is 0 Å². The molecule has 19 heavy (non-hydrogen) atoms. The molecule has 0 bridgehead atoms. The second-order valence-electron chi connectivity index (χ2n) is 4.68. The van der Waals surface area contributed by atoms with Crippen LogP contribution in [0, 0.1) is 5.92 Å². The second kappa shape index (κ2) is 6.05. The number of halogens is 3. The van der Waals surface area contributed by atoms with Crippen LogP contribution in [0.15, 0.2) is 24.3 Å². The van der Waals surface area contributed by atoms with Gasteiger partial charge in [0, 0.05) is 6.04 Å². The van der Waals surface area contributed by atoms with Crippen LogP contribution in [0.3, 0.4) is 0 Å². The Morgan fingerprint density at radius 1 is 1.32 bits per heavy atom. The minimum atomic E-state index is -4.64. The maximum Gasteiger partial charge on any atom is 0.573 e. The molecule has 106 valence electrons. The van der Waals surface area contributed by atoms with E-state index >= 15 is 0 Å². The molecule has 0 radical (unpaired) electrons. The first kappa shape index (κ1) is 14.5. The summed E-state index contributed by atoms with van der Waals surface area (Å²) in [6.07, 6.45) is -2.82. The fraction of sp³-hybridized carbons (Fsp3) is 0.538. The number of benzene rings is 1. The van der Waals surface area contributed by atoms with Gasteiger partial charge in [-0.3, -0.25) is 0 Å². The van der Waals surface area contributed by atoms with Crippen LogP contribution in [0.5, 0.6) is 5.75 Å². The third-order valence-electron chi connectivity index (χ3n) is 3.20. The molecule has 0 spiro atoms. The zero-order chi connectivity index (χ0) is 13.9. The van der Waals surface area contributed by atoms with Crippen molar-refractivity contribution in [3.05, 3.63) is 29.8 Å². The van der Waals surface area contributed by atoms with E-state index in [9.17, 15) is 13.2 Å². The molecule has 2 N–H and O–H groups in total. The van der Waals surface area contributed by atoms with E-state index in [1.165, 1.54) is 12.1 Å². The largest absolute Gasteiger partial charge is 0.573 e. The van der Waals surface area contributed by atoms with Crippen molar-refractivity contribution >= 4 is 11.8 Å². The normalized spacial score (nSPS) is 21.4. The number of rotatable bonds is 4. The Labute approximate surface area is 114 Å². The lowest BCUT2D eigenvalue weighted by Crippen LogP contribution is -2.32. The van der Waals surface area contributed by atoms with Gasteiger partial charge in [0.25, 0.3) is 0 Å². The van der Waals surface area contributed by atoms with Crippen LogP contribution in [0.4, 0.5) is 13.2 Å². The Balaban J connectivity index is 1.91. The Morgan fingerprint density at radius 2 is 2.00 bits per heavy atom. The number of ether oxygens (including phenoxy) is 1. The minimum absolute atomic E-state index is 0.0735. The zero-order valence-electron chi connectivity index (χ0n) is 10.3. The predicted octanol–water partition coefficient (Wildman–Crippen LogP) is 3.21. The number of hydrogen-bond acceptors (Lipinski definition) is 3. The van der Waals surface area contributed by atoms with Crippen molar-refractivity contribution in [3.8, 4) is 5.75 Å². The van der Waals surface area contributed by atoms with Gasteiger partial charge >= 0.3 is 6.36 Å². The first-order chi connectivity index (χ1) is 8.94. The molecule has 1 aromatic rings. The molecule has 0 saturated carbocycles. The van der Waals surface area contributed by atoms with Crippen molar-refractivity contribution in [1.82, 2.24) is 0 Å². The summed E-state index contributed by atoms with van der Waals surface area (Å²) in [5, 5.41) is 0. The molecule has 1 aliphatic heterocycles. The van der Waals surface area contributed by atoms with Crippen molar-refractivity contribution in [3.63, 3.8) is 0 Å². The van der Waals surface area contributed by atoms with Gasteiger partial charge in [0.2, 0.25) is 0 Å². The van der Waals surface area contributed by atoms with E-state index in [0.717, 1.165) is 23.5 Å². The Kier molecular flexibility index (Phi) is 4.62. The van der Waals surface area contributed by atoms with E-state index in [1.54, 1.807) is 12.1 Å². The first-order valence-corrected chi connectivity index (χ1v) is 7.27. The molecule has 1 aliphatic rings. The quantitative estimate of drug-likeness (QED) is 0.925. The van der Waals surface area contributed by atoms with Crippen LogP contribution in [-0.2, 0) is 6.42 Å². The van der Waals surface area contributed by atoms with Crippen LogP contribution in [0.25, 0.3) is 0 Å². The fourth-order valence-electron chi connectivity index (χ4n) is 2.16. The van der Waals surface area contributed by atoms with E-state index in [2.05, 4.69) is 4.74 Å². The van der Waals surface area contributed by atoms with Crippen LogP contribution >= 0.6 is 11.8 Å². The number of thioether (sulfide) groups is 1. The zero-order valence-corrected chi connectivity index (χ0v) is 11.1. The molecule has 2 unspecified atom stereocenters. The molecule has 1 heterocycles. The smallest absolute Gasteiger partial charge is 0.406 e. The summed E-state index contributed by atoms with van der Waals surface area (Å²) >= 11 is 1.90. The number of alkyl halides is 3. The highest BCUT2D eigenvalue weighted by Crippen LogP contribution is 2.27. The van der Waals surface area contributed by atoms with Gasteiger partial charge in [0.15, 0.2) is 0 Å². The van der Waals surface area contributed by atoms with Gasteiger partial charge in [-0.05, 0) is 48.0 Å². The summed E-state index contributed by atoms with van der Waals surface area (Å²) in [5.74, 6) is 2.55. The SMILES string of the molecule is NC(Cc1ccc(OC(F)(F)F)cc1)C1CCSC1. The Hall–Kier alpha value is -0.880. The molecule has 0 aliphatic carbocycles. The van der Waals surface area contributed by atoms with Gasteiger partial charge in [-0.15, -0.1) is 13.2 Å². The van der Waals surface area contributed by atoms with E-state index < -0.39 is 6.36 Å². The number of hydrogen-bond donors (Lipinski definition) is 1. The van der Waals surface area contributed by atoms with Crippen molar-refractivity contribution in [2.45, 2.75) is 25.2 Å². The topological polar surface area (TPSA) is 35.2 Å². The highest BCUT2D eigenvalue weighted by molar-refractivity contribution is 7.99. The lowest BCUT2D eigenvalue weighted by Gasteiger charge is -2.18. The molecule has 2 nitrogen and oxygen atoms in total. The first-order valence-electron chi connectivity index (χ1n) is 6.12. The van der Waals surface area contributed by atoms with Gasteiger partial charge in [-0.25, -0.2) is 0 Å². The molecule has 0 amide bonds. The molecule has 6 heteroatoms. The van der Waals surface area contributed by atoms with Crippen LogP contribution in [-0.4, -0.2) is 23.9 Å². The molecule has 0 aromatic heterocycles. The molecule has 1 saturated heterocycles. The van der Waals surface area contributed by atoms with Crippen molar-refractivity contribution in [2.75, 3.05) is 11.5 Å². The van der Waals surface area contributed by atoms with Crippen LogP contribution < -0.4 is 10.5 Å². The van der Waals surface area contributed by atoms with Gasteiger partial charge in [-0.1, -0.05) is 12.1 Å². The summed E-state index contributed by atoms with van der Waals surface area (Å²) in [7, 11) is 0. The summed E-state index contributed by atoms with van der Waals surface area (Å²) in [5.41, 5.74) is 7.07. The van der Waals surface area contributed by atoms with E-state index in [4.69, 9.17) is 5.73 Å². The maximum atomic E-state index is 12.0. The summed E-state index contributed by atoms with van der Waals surface area (Å²) in [4.78, 5) is 0. The molecule has 2 rings (SSSR count). The average molecular weight is 291 g/mol. The molecule has 1 aromatic carbocycles.